The Bertz CT molecular complexity index is 659. The number of para-hydroxylation sites is 1. The Labute approximate surface area is 121 Å². The number of rotatable bonds is 4. The summed E-state index contributed by atoms with van der Waals surface area (Å²) in [6, 6.07) is 10.2. The van der Waals surface area contributed by atoms with Gasteiger partial charge in [-0.15, -0.1) is 0 Å². The summed E-state index contributed by atoms with van der Waals surface area (Å²) in [5, 5.41) is 3.64. The van der Waals surface area contributed by atoms with Crippen molar-refractivity contribution in [2.24, 2.45) is 5.73 Å². The standard InChI is InChI=1S/C14H14ClN3O2/c1-20-12-6-5-8(15)7-11(12)18-10-4-2-3-9(13(10)16)14(17)19/h2-7,18H,16H2,1H3,(H2,17,19). The van der Waals surface area contributed by atoms with Gasteiger partial charge in [-0.1, -0.05) is 17.7 Å². The lowest BCUT2D eigenvalue weighted by Crippen LogP contribution is -2.14. The number of benzene rings is 2. The summed E-state index contributed by atoms with van der Waals surface area (Å²) < 4.78 is 5.24. The van der Waals surface area contributed by atoms with Gasteiger partial charge in [0.25, 0.3) is 5.91 Å². The summed E-state index contributed by atoms with van der Waals surface area (Å²) in [6.45, 7) is 0. The zero-order valence-electron chi connectivity index (χ0n) is 10.8. The summed E-state index contributed by atoms with van der Waals surface area (Å²) in [5.74, 6) is 0.0301. The minimum atomic E-state index is -0.579. The maximum absolute atomic E-state index is 11.3. The van der Waals surface area contributed by atoms with E-state index in [1.165, 1.54) is 0 Å². The summed E-state index contributed by atoms with van der Waals surface area (Å²) >= 11 is 5.96. The summed E-state index contributed by atoms with van der Waals surface area (Å²) in [4.78, 5) is 11.3. The van der Waals surface area contributed by atoms with Gasteiger partial charge < -0.3 is 21.5 Å². The van der Waals surface area contributed by atoms with E-state index in [-0.39, 0.29) is 11.3 Å². The molecule has 0 aliphatic rings. The molecule has 0 atom stereocenters. The second-order valence-electron chi connectivity index (χ2n) is 4.10. The molecule has 5 N–H and O–H groups in total. The predicted octanol–water partition coefficient (Wildman–Crippen LogP) is 2.77. The van der Waals surface area contributed by atoms with Gasteiger partial charge in [-0.2, -0.15) is 0 Å². The molecule has 6 heteroatoms. The van der Waals surface area contributed by atoms with Crippen molar-refractivity contribution in [3.8, 4) is 5.75 Å². The molecule has 0 bridgehead atoms. The van der Waals surface area contributed by atoms with E-state index in [0.717, 1.165) is 0 Å². The Morgan fingerprint density at radius 2 is 2.00 bits per heavy atom. The Morgan fingerprint density at radius 3 is 2.65 bits per heavy atom. The van der Waals surface area contributed by atoms with Gasteiger partial charge in [-0.3, -0.25) is 4.79 Å². The highest BCUT2D eigenvalue weighted by Crippen LogP contribution is 2.33. The second kappa shape index (κ2) is 5.71. The molecule has 0 unspecified atom stereocenters. The Hall–Kier alpha value is -2.40. The topological polar surface area (TPSA) is 90.4 Å². The van der Waals surface area contributed by atoms with Crippen LogP contribution in [0, 0.1) is 0 Å². The van der Waals surface area contributed by atoms with Crippen molar-refractivity contribution in [1.29, 1.82) is 0 Å². The maximum Gasteiger partial charge on any atom is 0.250 e. The van der Waals surface area contributed by atoms with Crippen molar-refractivity contribution in [3.05, 3.63) is 47.0 Å². The van der Waals surface area contributed by atoms with Crippen molar-refractivity contribution >= 4 is 34.6 Å². The third kappa shape index (κ3) is 2.78. The number of hydrogen-bond donors (Lipinski definition) is 3. The number of methoxy groups -OCH3 is 1. The molecule has 5 nitrogen and oxygen atoms in total. The van der Waals surface area contributed by atoms with Crippen LogP contribution in [0.2, 0.25) is 5.02 Å². The van der Waals surface area contributed by atoms with Crippen LogP contribution >= 0.6 is 11.6 Å². The number of anilines is 3. The summed E-state index contributed by atoms with van der Waals surface area (Å²) in [6.07, 6.45) is 0. The van der Waals surface area contributed by atoms with E-state index in [9.17, 15) is 4.79 Å². The molecule has 0 aromatic heterocycles. The van der Waals surface area contributed by atoms with Crippen molar-refractivity contribution in [3.63, 3.8) is 0 Å². The number of nitrogen functional groups attached to an aromatic ring is 1. The van der Waals surface area contributed by atoms with E-state index in [1.807, 2.05) is 0 Å². The van der Waals surface area contributed by atoms with Gasteiger partial charge in [0, 0.05) is 5.02 Å². The lowest BCUT2D eigenvalue weighted by atomic mass is 10.1. The first-order valence-electron chi connectivity index (χ1n) is 5.81. The Kier molecular flexibility index (Phi) is 4.00. The van der Waals surface area contributed by atoms with E-state index in [2.05, 4.69) is 5.32 Å². The quantitative estimate of drug-likeness (QED) is 0.756. The Morgan fingerprint density at radius 1 is 1.25 bits per heavy atom. The molecule has 0 radical (unpaired) electrons. The van der Waals surface area contributed by atoms with Crippen molar-refractivity contribution < 1.29 is 9.53 Å². The van der Waals surface area contributed by atoms with E-state index in [1.54, 1.807) is 43.5 Å². The lowest BCUT2D eigenvalue weighted by Gasteiger charge is -2.14. The highest BCUT2D eigenvalue weighted by atomic mass is 35.5. The number of halogens is 1. The SMILES string of the molecule is COc1ccc(Cl)cc1Nc1cccc(C(N)=O)c1N. The van der Waals surface area contributed by atoms with Crippen molar-refractivity contribution in [2.75, 3.05) is 18.2 Å². The van der Waals surface area contributed by atoms with Crippen LogP contribution in [0.5, 0.6) is 5.75 Å². The smallest absolute Gasteiger partial charge is 0.250 e. The van der Waals surface area contributed by atoms with Gasteiger partial charge in [0.15, 0.2) is 0 Å². The third-order valence-electron chi connectivity index (χ3n) is 2.80. The molecule has 0 aliphatic carbocycles. The lowest BCUT2D eigenvalue weighted by molar-refractivity contribution is 0.100. The summed E-state index contributed by atoms with van der Waals surface area (Å²) in [7, 11) is 1.55. The van der Waals surface area contributed by atoms with Crippen LogP contribution in [0.3, 0.4) is 0 Å². The highest BCUT2D eigenvalue weighted by Gasteiger charge is 2.11. The molecule has 1 amide bonds. The fourth-order valence-corrected chi connectivity index (χ4v) is 1.98. The largest absolute Gasteiger partial charge is 0.495 e. The van der Waals surface area contributed by atoms with E-state index in [0.29, 0.717) is 22.1 Å². The number of nitrogens with two attached hydrogens (primary N) is 2. The molecule has 20 heavy (non-hydrogen) atoms. The molecule has 0 saturated carbocycles. The number of carbonyl (C=O) groups is 1. The fraction of sp³-hybridized carbons (Fsp3) is 0.0714. The second-order valence-corrected chi connectivity index (χ2v) is 4.54. The van der Waals surface area contributed by atoms with Crippen LogP contribution in [0.1, 0.15) is 10.4 Å². The van der Waals surface area contributed by atoms with Gasteiger partial charge in [-0.25, -0.2) is 0 Å². The molecule has 2 aromatic carbocycles. The van der Waals surface area contributed by atoms with Crippen LogP contribution in [0.25, 0.3) is 0 Å². The van der Waals surface area contributed by atoms with Gasteiger partial charge in [-0.05, 0) is 30.3 Å². The molecule has 2 rings (SSSR count). The average Bonchev–Trinajstić information content (AvgIpc) is 2.41. The number of amides is 1. The molecule has 0 saturated heterocycles. The highest BCUT2D eigenvalue weighted by molar-refractivity contribution is 6.31. The van der Waals surface area contributed by atoms with Gasteiger partial charge in [0.05, 0.1) is 29.7 Å². The first-order chi connectivity index (χ1) is 9.52. The van der Waals surface area contributed by atoms with Crippen LogP contribution < -0.4 is 21.5 Å². The van der Waals surface area contributed by atoms with Gasteiger partial charge in [0.1, 0.15) is 5.75 Å². The maximum atomic E-state index is 11.3. The van der Waals surface area contributed by atoms with Crippen LogP contribution in [-0.4, -0.2) is 13.0 Å². The van der Waals surface area contributed by atoms with E-state index < -0.39 is 5.91 Å². The summed E-state index contributed by atoms with van der Waals surface area (Å²) in [5.41, 5.74) is 12.9. The van der Waals surface area contributed by atoms with Gasteiger partial charge in [0.2, 0.25) is 0 Å². The monoisotopic (exact) mass is 291 g/mol. The minimum absolute atomic E-state index is 0.260. The number of ether oxygens (including phenoxy) is 1. The van der Waals surface area contributed by atoms with Crippen LogP contribution in [-0.2, 0) is 0 Å². The predicted molar refractivity (Wildman–Crippen MR) is 80.7 cm³/mol. The first kappa shape index (κ1) is 14.0. The zero-order chi connectivity index (χ0) is 14.7. The molecular weight excluding hydrogens is 278 g/mol. The van der Waals surface area contributed by atoms with Crippen LogP contribution in [0.4, 0.5) is 17.1 Å². The van der Waals surface area contributed by atoms with Crippen molar-refractivity contribution in [1.82, 2.24) is 0 Å². The van der Waals surface area contributed by atoms with Gasteiger partial charge >= 0.3 is 0 Å². The zero-order valence-corrected chi connectivity index (χ0v) is 11.6. The molecule has 0 fully saturated rings. The Balaban J connectivity index is 2.42. The molecule has 0 aliphatic heterocycles. The molecular formula is C14H14ClN3O2. The van der Waals surface area contributed by atoms with E-state index >= 15 is 0 Å². The minimum Gasteiger partial charge on any atom is -0.495 e. The normalized spacial score (nSPS) is 10.1. The fourth-order valence-electron chi connectivity index (χ4n) is 1.81. The molecule has 2 aromatic rings. The molecule has 0 spiro atoms. The number of primary amides is 1. The molecule has 0 heterocycles. The van der Waals surface area contributed by atoms with Crippen molar-refractivity contribution in [2.45, 2.75) is 0 Å². The number of hydrogen-bond acceptors (Lipinski definition) is 4. The molecule has 104 valence electrons. The number of carbonyl (C=O) groups excluding carboxylic acids is 1. The average molecular weight is 292 g/mol. The number of nitrogens with one attached hydrogen (secondary N) is 1. The third-order valence-corrected chi connectivity index (χ3v) is 3.04. The first-order valence-corrected chi connectivity index (χ1v) is 6.19. The van der Waals surface area contributed by atoms with Crippen LogP contribution in [0.15, 0.2) is 36.4 Å². The van der Waals surface area contributed by atoms with E-state index in [4.69, 9.17) is 27.8 Å².